The molecule has 1 amide bonds. The van der Waals surface area contributed by atoms with Crippen molar-refractivity contribution in [2.75, 3.05) is 19.8 Å². The van der Waals surface area contributed by atoms with Gasteiger partial charge in [0, 0.05) is 18.5 Å². The number of hydrogen-bond acceptors (Lipinski definition) is 4. The number of nitrogens with zero attached hydrogens (tertiary/aromatic N) is 1. The zero-order valence-electron chi connectivity index (χ0n) is 10.1. The van der Waals surface area contributed by atoms with Gasteiger partial charge in [-0.15, -0.1) is 0 Å². The molecule has 92 valence electrons. The highest BCUT2D eigenvalue weighted by molar-refractivity contribution is 5.69. The summed E-state index contributed by atoms with van der Waals surface area (Å²) in [6.07, 6.45) is -0.277. The number of amides is 1. The van der Waals surface area contributed by atoms with E-state index in [9.17, 15) is 4.79 Å². The Bertz CT molecular complexity index is 287. The van der Waals surface area contributed by atoms with E-state index in [2.05, 4.69) is 0 Å². The van der Waals surface area contributed by atoms with Crippen LogP contribution in [0.3, 0.4) is 0 Å². The Morgan fingerprint density at radius 2 is 2.12 bits per heavy atom. The molecule has 5 heteroatoms. The summed E-state index contributed by atoms with van der Waals surface area (Å²) in [4.78, 5) is 13.7. The summed E-state index contributed by atoms with van der Waals surface area (Å²) >= 11 is 0. The van der Waals surface area contributed by atoms with Crippen LogP contribution in [-0.2, 0) is 9.47 Å². The molecule has 2 aliphatic heterocycles. The number of nitrogens with two attached hydrogens (primary N) is 1. The molecular weight excluding hydrogens is 208 g/mol. The van der Waals surface area contributed by atoms with E-state index in [0.29, 0.717) is 19.8 Å². The molecule has 0 saturated carbocycles. The SMILES string of the molecule is CC(C)(C)OC(=O)N1C[C@@H](N)[C@H]2COC[C@H]21. The summed E-state index contributed by atoms with van der Waals surface area (Å²) < 4.78 is 10.7. The van der Waals surface area contributed by atoms with Crippen LogP contribution < -0.4 is 5.73 Å². The van der Waals surface area contributed by atoms with Crippen LogP contribution in [0, 0.1) is 5.92 Å². The van der Waals surface area contributed by atoms with E-state index in [0.717, 1.165) is 0 Å². The molecule has 0 spiro atoms. The van der Waals surface area contributed by atoms with Gasteiger partial charge in [-0.2, -0.15) is 0 Å². The number of rotatable bonds is 0. The van der Waals surface area contributed by atoms with Crippen molar-refractivity contribution in [3.05, 3.63) is 0 Å². The summed E-state index contributed by atoms with van der Waals surface area (Å²) in [5, 5.41) is 0. The molecule has 3 atom stereocenters. The first-order valence-corrected chi connectivity index (χ1v) is 5.71. The third-order valence-electron chi connectivity index (χ3n) is 3.08. The summed E-state index contributed by atoms with van der Waals surface area (Å²) in [5.41, 5.74) is 5.52. The predicted octanol–water partition coefficient (Wildman–Crippen LogP) is 0.579. The Balaban J connectivity index is 2.02. The number of fused-ring (bicyclic) bond motifs is 1. The summed E-state index contributed by atoms with van der Waals surface area (Å²) in [6, 6.07) is 0.116. The molecule has 0 aromatic rings. The van der Waals surface area contributed by atoms with E-state index in [1.54, 1.807) is 4.90 Å². The van der Waals surface area contributed by atoms with E-state index in [-0.39, 0.29) is 24.1 Å². The largest absolute Gasteiger partial charge is 0.444 e. The maximum atomic E-state index is 11.9. The zero-order chi connectivity index (χ0) is 11.9. The second kappa shape index (κ2) is 3.89. The van der Waals surface area contributed by atoms with Gasteiger partial charge in [0.05, 0.1) is 19.3 Å². The number of carbonyl (C=O) groups is 1. The standard InChI is InChI=1S/C11H20N2O3/c1-11(2,3)16-10(14)13-4-8(12)7-5-15-6-9(7)13/h7-9H,4-6,12H2,1-3H3/t7-,8-,9-/m1/s1. The van der Waals surface area contributed by atoms with Gasteiger partial charge < -0.3 is 20.1 Å². The van der Waals surface area contributed by atoms with Gasteiger partial charge in [-0.3, -0.25) is 0 Å². The molecular formula is C11H20N2O3. The molecule has 0 unspecified atom stereocenters. The topological polar surface area (TPSA) is 64.8 Å². The fraction of sp³-hybridized carbons (Fsp3) is 0.909. The van der Waals surface area contributed by atoms with Crippen molar-refractivity contribution in [3.8, 4) is 0 Å². The van der Waals surface area contributed by atoms with E-state index < -0.39 is 5.60 Å². The van der Waals surface area contributed by atoms with Crippen molar-refractivity contribution in [2.45, 2.75) is 38.5 Å². The van der Waals surface area contributed by atoms with Crippen LogP contribution in [0.2, 0.25) is 0 Å². The minimum absolute atomic E-state index is 0.0139. The van der Waals surface area contributed by atoms with Gasteiger partial charge in [0.15, 0.2) is 0 Å². The summed E-state index contributed by atoms with van der Waals surface area (Å²) in [5.74, 6) is 0.271. The Morgan fingerprint density at radius 3 is 2.75 bits per heavy atom. The second-order valence-corrected chi connectivity index (χ2v) is 5.57. The van der Waals surface area contributed by atoms with Gasteiger partial charge in [0.25, 0.3) is 0 Å². The normalized spacial score (nSPS) is 34.0. The third-order valence-corrected chi connectivity index (χ3v) is 3.08. The van der Waals surface area contributed by atoms with Crippen LogP contribution in [-0.4, -0.2) is 48.4 Å². The molecule has 0 radical (unpaired) electrons. The molecule has 2 rings (SSSR count). The van der Waals surface area contributed by atoms with Crippen LogP contribution in [0.15, 0.2) is 0 Å². The van der Waals surface area contributed by atoms with E-state index in [1.165, 1.54) is 0 Å². The lowest BCUT2D eigenvalue weighted by Gasteiger charge is -2.27. The minimum Gasteiger partial charge on any atom is -0.444 e. The average molecular weight is 228 g/mol. The van der Waals surface area contributed by atoms with Crippen LogP contribution >= 0.6 is 0 Å². The first kappa shape index (κ1) is 11.7. The summed E-state index contributed by atoms with van der Waals surface area (Å²) in [7, 11) is 0. The van der Waals surface area contributed by atoms with Gasteiger partial charge in [-0.05, 0) is 20.8 Å². The number of ether oxygens (including phenoxy) is 2. The van der Waals surface area contributed by atoms with Gasteiger partial charge in [-0.25, -0.2) is 4.79 Å². The van der Waals surface area contributed by atoms with E-state index >= 15 is 0 Å². The Kier molecular flexibility index (Phi) is 2.84. The van der Waals surface area contributed by atoms with E-state index in [1.807, 2.05) is 20.8 Å². The number of likely N-dealkylation sites (tertiary alicyclic amines) is 1. The molecule has 2 heterocycles. The monoisotopic (exact) mass is 228 g/mol. The van der Waals surface area contributed by atoms with Crippen molar-refractivity contribution >= 4 is 6.09 Å². The highest BCUT2D eigenvalue weighted by Gasteiger charge is 2.46. The Labute approximate surface area is 95.9 Å². The summed E-state index contributed by atoms with van der Waals surface area (Å²) in [6.45, 7) is 7.41. The Morgan fingerprint density at radius 1 is 1.44 bits per heavy atom. The minimum atomic E-state index is -0.460. The highest BCUT2D eigenvalue weighted by atomic mass is 16.6. The van der Waals surface area contributed by atoms with Gasteiger partial charge in [-0.1, -0.05) is 0 Å². The van der Waals surface area contributed by atoms with Crippen LogP contribution in [0.1, 0.15) is 20.8 Å². The zero-order valence-corrected chi connectivity index (χ0v) is 10.1. The Hall–Kier alpha value is -0.810. The van der Waals surface area contributed by atoms with Crippen molar-refractivity contribution in [3.63, 3.8) is 0 Å². The van der Waals surface area contributed by atoms with Crippen molar-refractivity contribution < 1.29 is 14.3 Å². The molecule has 2 N–H and O–H groups in total. The molecule has 0 aliphatic carbocycles. The maximum Gasteiger partial charge on any atom is 0.410 e. The molecule has 2 aliphatic rings. The number of carbonyl (C=O) groups excluding carboxylic acids is 1. The van der Waals surface area contributed by atoms with Gasteiger partial charge >= 0.3 is 6.09 Å². The first-order valence-electron chi connectivity index (χ1n) is 5.71. The number of hydrogen-bond donors (Lipinski definition) is 1. The molecule has 16 heavy (non-hydrogen) atoms. The average Bonchev–Trinajstić information content (AvgIpc) is 2.66. The lowest BCUT2D eigenvalue weighted by molar-refractivity contribution is 0.0193. The molecule has 2 saturated heterocycles. The van der Waals surface area contributed by atoms with Crippen LogP contribution in [0.5, 0.6) is 0 Å². The van der Waals surface area contributed by atoms with Crippen molar-refractivity contribution in [1.29, 1.82) is 0 Å². The van der Waals surface area contributed by atoms with Gasteiger partial charge in [0.2, 0.25) is 0 Å². The van der Waals surface area contributed by atoms with E-state index in [4.69, 9.17) is 15.2 Å². The lowest BCUT2D eigenvalue weighted by Crippen LogP contribution is -2.41. The fourth-order valence-corrected chi connectivity index (χ4v) is 2.32. The van der Waals surface area contributed by atoms with Gasteiger partial charge in [0.1, 0.15) is 5.60 Å². The first-order chi connectivity index (χ1) is 7.38. The lowest BCUT2D eigenvalue weighted by atomic mass is 10.0. The fourth-order valence-electron chi connectivity index (χ4n) is 2.32. The molecule has 0 aromatic carbocycles. The third kappa shape index (κ3) is 2.15. The molecule has 5 nitrogen and oxygen atoms in total. The molecule has 0 aromatic heterocycles. The van der Waals surface area contributed by atoms with Crippen molar-refractivity contribution in [1.82, 2.24) is 4.90 Å². The van der Waals surface area contributed by atoms with Crippen LogP contribution in [0.25, 0.3) is 0 Å². The van der Waals surface area contributed by atoms with Crippen molar-refractivity contribution in [2.24, 2.45) is 11.7 Å². The molecule has 2 fully saturated rings. The predicted molar refractivity (Wildman–Crippen MR) is 59.0 cm³/mol. The quantitative estimate of drug-likeness (QED) is 0.658. The maximum absolute atomic E-state index is 11.9. The second-order valence-electron chi connectivity index (χ2n) is 5.57. The smallest absolute Gasteiger partial charge is 0.410 e. The highest BCUT2D eigenvalue weighted by Crippen LogP contribution is 2.30. The van der Waals surface area contributed by atoms with Crippen LogP contribution in [0.4, 0.5) is 4.79 Å². The molecule has 0 bridgehead atoms.